The SMILES string of the molecule is CC[C@H](C)[C@@H](C(CC(=O)N1CCC[C@H]1C(OC)C(C)C(=O)N[C@H](C)C(O)c1ccccc1)OC)N(C)C(=O)[C@@H](NC(=O)[C@H](C(C)C)N(C)C(=O)CCCCCN1C(=O)C=CC1=O)C(C)C. The van der Waals surface area contributed by atoms with Crippen LogP contribution in [-0.2, 0) is 43.0 Å². The number of carbonyl (C=O) groups excluding carboxylic acids is 7. The van der Waals surface area contributed by atoms with E-state index in [2.05, 4.69) is 10.6 Å². The predicted molar refractivity (Wildman–Crippen MR) is 248 cm³/mol. The summed E-state index contributed by atoms with van der Waals surface area (Å²) in [5, 5.41) is 16.8. The van der Waals surface area contributed by atoms with Crippen LogP contribution in [0.5, 0.6) is 0 Å². The standard InChI is InChI=1S/C49H78N6O10/c1-13-32(6)44(37(64-11)29-41(59)54-28-20-23-36(54)46(65-12)33(7)47(61)50-34(8)45(60)35-21-16-14-17-22-35)53(10)49(63)42(30(2)3)51-48(62)43(31(4)5)52(9)38(56)24-18-15-19-27-55-39(57)25-26-40(55)58/h14,16-17,21-22,25-26,30-34,36-37,42-46,60H,13,15,18-20,23-24,27-29H2,1-12H3,(H,50,61)(H,51,62)/t32-,33?,34+,36-,37?,42-,43-,44-,45?,46?/m0/s1. The Kier molecular flexibility index (Phi) is 21.8. The van der Waals surface area contributed by atoms with Crippen molar-refractivity contribution < 1.29 is 48.1 Å². The van der Waals surface area contributed by atoms with E-state index in [1.165, 1.54) is 36.2 Å². The molecule has 2 aliphatic heterocycles. The molecule has 1 aromatic carbocycles. The lowest BCUT2D eigenvalue weighted by molar-refractivity contribution is -0.148. The minimum atomic E-state index is -0.947. The molecule has 1 aromatic rings. The number of amides is 7. The van der Waals surface area contributed by atoms with Gasteiger partial charge in [0, 0.05) is 60.0 Å². The molecule has 1 saturated heterocycles. The van der Waals surface area contributed by atoms with Crippen molar-refractivity contribution in [2.75, 3.05) is 41.4 Å². The summed E-state index contributed by atoms with van der Waals surface area (Å²) in [4.78, 5) is 99.5. The quantitative estimate of drug-likeness (QED) is 0.0894. The second kappa shape index (κ2) is 25.9. The number of unbranched alkanes of at least 4 members (excludes halogenated alkanes) is 2. The maximum atomic E-state index is 14.6. The van der Waals surface area contributed by atoms with Gasteiger partial charge in [0.1, 0.15) is 12.1 Å². The lowest BCUT2D eigenvalue weighted by Crippen LogP contribution is -2.60. The molecule has 0 spiro atoms. The number of nitrogens with zero attached hydrogens (tertiary/aromatic N) is 4. The first-order valence-electron chi connectivity index (χ1n) is 23.5. The van der Waals surface area contributed by atoms with Crippen molar-refractivity contribution in [3.05, 3.63) is 48.0 Å². The summed E-state index contributed by atoms with van der Waals surface area (Å²) in [6.07, 6.45) is 4.09. The van der Waals surface area contributed by atoms with E-state index in [1.807, 2.05) is 59.7 Å². The molecule has 2 aliphatic rings. The molecule has 10 atom stereocenters. The van der Waals surface area contributed by atoms with Gasteiger partial charge in [-0.3, -0.25) is 38.5 Å². The summed E-state index contributed by atoms with van der Waals surface area (Å²) in [7, 11) is 6.32. The van der Waals surface area contributed by atoms with Crippen LogP contribution in [0.25, 0.3) is 0 Å². The lowest BCUT2D eigenvalue weighted by atomic mass is 9.89. The number of imide groups is 1. The number of hydrogen-bond donors (Lipinski definition) is 3. The minimum Gasteiger partial charge on any atom is -0.386 e. The lowest BCUT2D eigenvalue weighted by Gasteiger charge is -2.41. The Morgan fingerprint density at radius 2 is 1.46 bits per heavy atom. The van der Waals surface area contributed by atoms with E-state index in [0.717, 1.165) is 6.42 Å². The van der Waals surface area contributed by atoms with Gasteiger partial charge in [-0.15, -0.1) is 0 Å². The average Bonchev–Trinajstić information content (AvgIpc) is 3.89. The number of carbonyl (C=O) groups is 7. The summed E-state index contributed by atoms with van der Waals surface area (Å²) in [5.41, 5.74) is 0.688. The van der Waals surface area contributed by atoms with E-state index in [9.17, 15) is 38.7 Å². The van der Waals surface area contributed by atoms with E-state index >= 15 is 0 Å². The molecule has 0 aliphatic carbocycles. The molecule has 1 fully saturated rings. The van der Waals surface area contributed by atoms with Gasteiger partial charge in [-0.2, -0.15) is 0 Å². The number of methoxy groups -OCH3 is 2. The highest BCUT2D eigenvalue weighted by Gasteiger charge is 2.43. The second-order valence-electron chi connectivity index (χ2n) is 18.6. The summed E-state index contributed by atoms with van der Waals surface area (Å²) in [6, 6.07) is 5.80. The fraction of sp³-hybridized carbons (Fsp3) is 0.694. The number of aliphatic hydroxyl groups excluding tert-OH is 1. The van der Waals surface area contributed by atoms with E-state index in [0.29, 0.717) is 44.2 Å². The van der Waals surface area contributed by atoms with E-state index in [4.69, 9.17) is 9.47 Å². The summed E-state index contributed by atoms with van der Waals surface area (Å²) >= 11 is 0. The molecule has 364 valence electrons. The van der Waals surface area contributed by atoms with Gasteiger partial charge in [0.25, 0.3) is 11.8 Å². The fourth-order valence-corrected chi connectivity index (χ4v) is 9.28. The van der Waals surface area contributed by atoms with Crippen LogP contribution < -0.4 is 10.6 Å². The summed E-state index contributed by atoms with van der Waals surface area (Å²) < 4.78 is 12.0. The van der Waals surface area contributed by atoms with Crippen molar-refractivity contribution in [1.82, 2.24) is 30.2 Å². The Labute approximate surface area is 387 Å². The zero-order valence-corrected chi connectivity index (χ0v) is 41.0. The molecule has 0 saturated carbocycles. The van der Waals surface area contributed by atoms with E-state index in [1.54, 1.807) is 49.9 Å². The largest absolute Gasteiger partial charge is 0.386 e. The first-order valence-corrected chi connectivity index (χ1v) is 23.5. The molecule has 16 nitrogen and oxygen atoms in total. The molecule has 0 bridgehead atoms. The van der Waals surface area contributed by atoms with Crippen LogP contribution in [0.1, 0.15) is 118 Å². The topological polar surface area (TPSA) is 195 Å². The molecule has 0 radical (unpaired) electrons. The van der Waals surface area contributed by atoms with Gasteiger partial charge in [0.05, 0.1) is 48.8 Å². The van der Waals surface area contributed by atoms with Gasteiger partial charge in [0.2, 0.25) is 29.5 Å². The van der Waals surface area contributed by atoms with Crippen molar-refractivity contribution in [2.45, 2.75) is 155 Å². The number of rotatable bonds is 26. The Bertz CT molecular complexity index is 1770. The number of likely N-dealkylation sites (N-methyl/N-ethyl adjacent to an activating group) is 2. The van der Waals surface area contributed by atoms with Crippen molar-refractivity contribution >= 4 is 41.4 Å². The van der Waals surface area contributed by atoms with Gasteiger partial charge in [-0.05, 0) is 55.9 Å². The van der Waals surface area contributed by atoms with Gasteiger partial charge in [0.15, 0.2) is 0 Å². The zero-order chi connectivity index (χ0) is 48.7. The third-order valence-electron chi connectivity index (χ3n) is 13.4. The van der Waals surface area contributed by atoms with Crippen LogP contribution in [-0.4, -0.2) is 150 Å². The third kappa shape index (κ3) is 14.4. The number of likely N-dealkylation sites (tertiary alicyclic amines) is 1. The van der Waals surface area contributed by atoms with Gasteiger partial charge < -0.3 is 39.9 Å². The number of ether oxygens (including phenoxy) is 2. The highest BCUT2D eigenvalue weighted by Crippen LogP contribution is 2.30. The van der Waals surface area contributed by atoms with E-state index < -0.39 is 60.3 Å². The highest BCUT2D eigenvalue weighted by molar-refractivity contribution is 6.12. The summed E-state index contributed by atoms with van der Waals surface area (Å²) in [5.74, 6) is -3.55. The monoisotopic (exact) mass is 911 g/mol. The number of nitrogens with one attached hydrogen (secondary N) is 2. The minimum absolute atomic E-state index is 0.0380. The second-order valence-corrected chi connectivity index (χ2v) is 18.6. The molecule has 0 aromatic heterocycles. The highest BCUT2D eigenvalue weighted by atomic mass is 16.5. The normalized spacial score (nSPS) is 19.3. The fourth-order valence-electron chi connectivity index (χ4n) is 9.28. The van der Waals surface area contributed by atoms with E-state index in [-0.39, 0.29) is 72.6 Å². The van der Waals surface area contributed by atoms with Crippen LogP contribution in [0.3, 0.4) is 0 Å². The van der Waals surface area contributed by atoms with Crippen LogP contribution >= 0.6 is 0 Å². The van der Waals surface area contributed by atoms with Crippen LogP contribution in [0.15, 0.2) is 42.5 Å². The molecule has 16 heteroatoms. The Hall–Kier alpha value is -4.67. The maximum absolute atomic E-state index is 14.6. The first kappa shape index (κ1) is 54.7. The molecule has 4 unspecified atom stereocenters. The molecule has 3 N–H and O–H groups in total. The molecular formula is C49H78N6O10. The van der Waals surface area contributed by atoms with Crippen molar-refractivity contribution in [2.24, 2.45) is 23.7 Å². The molecule has 7 amide bonds. The van der Waals surface area contributed by atoms with Crippen LogP contribution in [0.4, 0.5) is 0 Å². The summed E-state index contributed by atoms with van der Waals surface area (Å²) in [6.45, 7) is 15.6. The Balaban J connectivity index is 1.70. The van der Waals surface area contributed by atoms with Crippen LogP contribution in [0.2, 0.25) is 0 Å². The molecule has 2 heterocycles. The number of benzene rings is 1. The Morgan fingerprint density at radius 3 is 2.02 bits per heavy atom. The van der Waals surface area contributed by atoms with Gasteiger partial charge >= 0.3 is 0 Å². The average molecular weight is 911 g/mol. The molecule has 65 heavy (non-hydrogen) atoms. The van der Waals surface area contributed by atoms with Crippen molar-refractivity contribution in [3.63, 3.8) is 0 Å². The van der Waals surface area contributed by atoms with Crippen LogP contribution in [0, 0.1) is 23.7 Å². The van der Waals surface area contributed by atoms with Gasteiger partial charge in [-0.25, -0.2) is 0 Å². The van der Waals surface area contributed by atoms with Gasteiger partial charge in [-0.1, -0.05) is 91.6 Å². The third-order valence-corrected chi connectivity index (χ3v) is 13.4. The number of hydrogen-bond acceptors (Lipinski definition) is 10. The molecular weight excluding hydrogens is 833 g/mol. The zero-order valence-electron chi connectivity index (χ0n) is 41.0. The first-order chi connectivity index (χ1) is 30.7. The smallest absolute Gasteiger partial charge is 0.253 e. The van der Waals surface area contributed by atoms with Crippen molar-refractivity contribution in [1.29, 1.82) is 0 Å². The predicted octanol–water partition coefficient (Wildman–Crippen LogP) is 4.25. The maximum Gasteiger partial charge on any atom is 0.253 e. The van der Waals surface area contributed by atoms with Crippen molar-refractivity contribution in [3.8, 4) is 0 Å². The number of aliphatic hydroxyl groups is 1. The Morgan fingerprint density at radius 1 is 0.831 bits per heavy atom. The molecule has 3 rings (SSSR count).